The third-order valence-electron chi connectivity index (χ3n) is 4.02. The van der Waals surface area contributed by atoms with Crippen LogP contribution in [0.15, 0.2) is 19.8 Å². The fourth-order valence-electron chi connectivity index (χ4n) is 2.71. The molecule has 0 amide bonds. The van der Waals surface area contributed by atoms with Crippen molar-refractivity contribution in [1.29, 1.82) is 0 Å². The predicted octanol–water partition coefficient (Wildman–Crippen LogP) is 4.22. The molecule has 0 aromatic rings. The first kappa shape index (κ1) is 23.6. The Bertz CT molecular complexity index is 457. The second-order valence-electron chi connectivity index (χ2n) is 8.07. The van der Waals surface area contributed by atoms with Crippen LogP contribution < -0.4 is 9.78 Å². The monoisotopic (exact) mass is 501 g/mol. The molecule has 8 heteroatoms. The molecule has 3 N–H and O–H groups in total. The van der Waals surface area contributed by atoms with Crippen molar-refractivity contribution < 1.29 is 31.6 Å². The standard InChI is InChI=1S/C5H4F3Ge.3C4H10N.Zr/c6-9(7,8)5-3-1-2-4-5;3*1-4(2)3-5;/h1,3H,2H2;3*4-5H,3H2,1-2H3;/q;3*-1;+3. The van der Waals surface area contributed by atoms with Crippen LogP contribution >= 0.6 is 0 Å². The second kappa shape index (κ2) is 10.2. The van der Waals surface area contributed by atoms with E-state index >= 15 is 0 Å². The van der Waals surface area contributed by atoms with Gasteiger partial charge in [0.15, 0.2) is 0 Å². The van der Waals surface area contributed by atoms with Gasteiger partial charge in [0.2, 0.25) is 0 Å². The van der Waals surface area contributed by atoms with Gasteiger partial charge in [-0.2, -0.15) is 0 Å². The fourth-order valence-corrected chi connectivity index (χ4v) is 18.4. The zero-order valence-electron chi connectivity index (χ0n) is 16.3. The van der Waals surface area contributed by atoms with E-state index in [2.05, 4.69) is 51.3 Å². The number of hydrogen-bond donors (Lipinski definition) is 3. The summed E-state index contributed by atoms with van der Waals surface area (Å²) in [6.45, 7) is 14.8. The van der Waals surface area contributed by atoms with Gasteiger partial charge in [0.25, 0.3) is 0 Å². The Balaban J connectivity index is 3.29. The topological polar surface area (TPSA) is 36.1 Å². The van der Waals surface area contributed by atoms with Crippen LogP contribution in [0.4, 0.5) is 10.5 Å². The average Bonchev–Trinajstić information content (AvgIpc) is 2.96. The zero-order valence-corrected chi connectivity index (χ0v) is 20.9. The molecule has 1 rings (SSSR count). The first-order valence-corrected chi connectivity index (χ1v) is 17.5. The Kier molecular flexibility index (Phi) is 9.65. The molecule has 3 nitrogen and oxygen atoms in total. The van der Waals surface area contributed by atoms with Crippen LogP contribution in [0.25, 0.3) is 0 Å². The molecule has 0 heterocycles. The summed E-state index contributed by atoms with van der Waals surface area (Å²) in [6.07, 6.45) is 3.46. The molecule has 0 unspecified atom stereocenters. The van der Waals surface area contributed by atoms with Crippen molar-refractivity contribution in [2.24, 2.45) is 17.8 Å². The summed E-state index contributed by atoms with van der Waals surface area (Å²) in [4.78, 5) is 0. The SMILES string of the molecule is CC(C)C[NH][Zr]([NH]CC(C)C)([NH]CC(C)C)[C]1=[C]([Ge]([F])([F])[F])C=CC1. The summed E-state index contributed by atoms with van der Waals surface area (Å²) in [5.74, 6) is 1.18. The quantitative estimate of drug-likeness (QED) is 0.371. The molecule has 0 aliphatic heterocycles. The van der Waals surface area contributed by atoms with E-state index in [-0.39, 0.29) is 4.41 Å². The van der Waals surface area contributed by atoms with E-state index in [9.17, 15) is 10.5 Å². The molecule has 0 fully saturated rings. The fraction of sp³-hybridized carbons (Fsp3) is 0.765. The van der Waals surface area contributed by atoms with E-state index in [1.54, 1.807) is 6.08 Å². The Labute approximate surface area is 160 Å². The average molecular weight is 501 g/mol. The number of halogens is 3. The van der Waals surface area contributed by atoms with Crippen molar-refractivity contribution >= 4 is 14.7 Å². The molecule has 0 radical (unpaired) electrons. The third kappa shape index (κ3) is 7.61. The second-order valence-corrected chi connectivity index (χ2v) is 19.1. The third-order valence-corrected chi connectivity index (χ3v) is 16.4. The normalized spacial score (nSPS) is 16.2. The van der Waals surface area contributed by atoms with Crippen molar-refractivity contribution in [1.82, 2.24) is 9.78 Å². The number of hydrogen-bond acceptors (Lipinski definition) is 3. The van der Waals surface area contributed by atoms with Crippen LogP contribution in [-0.4, -0.2) is 34.3 Å². The van der Waals surface area contributed by atoms with E-state index in [0.29, 0.717) is 27.5 Å². The Morgan fingerprint density at radius 3 is 1.60 bits per heavy atom. The van der Waals surface area contributed by atoms with Gasteiger partial charge in [0.05, 0.1) is 0 Å². The van der Waals surface area contributed by atoms with Crippen LogP contribution in [0.5, 0.6) is 0 Å². The van der Waals surface area contributed by atoms with Gasteiger partial charge in [-0.25, -0.2) is 0 Å². The van der Waals surface area contributed by atoms with Gasteiger partial charge in [0.1, 0.15) is 0 Å². The van der Waals surface area contributed by atoms with Crippen molar-refractivity contribution in [3.8, 4) is 0 Å². The maximum absolute atomic E-state index is 13.8. The molecular formula is C17H34F3GeN3Zr. The summed E-state index contributed by atoms with van der Waals surface area (Å²) in [5, 5.41) is 0. The number of rotatable bonds is 11. The van der Waals surface area contributed by atoms with Crippen LogP contribution in [0.2, 0.25) is 0 Å². The molecule has 0 bridgehead atoms. The van der Waals surface area contributed by atoms with Gasteiger partial charge in [-0.15, -0.1) is 0 Å². The molecule has 0 spiro atoms. The number of nitrogens with one attached hydrogen (secondary N) is 3. The first-order chi connectivity index (χ1) is 11.5. The van der Waals surface area contributed by atoms with Gasteiger partial charge < -0.3 is 0 Å². The minimum atomic E-state index is -6.38. The van der Waals surface area contributed by atoms with Crippen LogP contribution in [-0.2, 0) is 21.1 Å². The summed E-state index contributed by atoms with van der Waals surface area (Å²) < 4.78 is 52.5. The van der Waals surface area contributed by atoms with Crippen molar-refractivity contribution in [3.63, 3.8) is 0 Å². The van der Waals surface area contributed by atoms with Crippen molar-refractivity contribution in [2.75, 3.05) is 19.6 Å². The molecule has 1 aliphatic rings. The van der Waals surface area contributed by atoms with E-state index in [0.717, 1.165) is 19.6 Å². The predicted molar refractivity (Wildman–Crippen MR) is 98.4 cm³/mol. The molecule has 1 aliphatic carbocycles. The molecule has 146 valence electrons. The van der Waals surface area contributed by atoms with Gasteiger partial charge in [0, 0.05) is 0 Å². The summed E-state index contributed by atoms with van der Waals surface area (Å²) in [5.41, 5.74) is 0. The van der Waals surface area contributed by atoms with Crippen molar-refractivity contribution in [3.05, 3.63) is 19.8 Å². The molecule has 0 aromatic heterocycles. The zero-order chi connectivity index (χ0) is 19.3. The molecular weight excluding hydrogens is 467 g/mol. The van der Waals surface area contributed by atoms with E-state index in [1.807, 2.05) is 0 Å². The van der Waals surface area contributed by atoms with Gasteiger partial charge in [-0.1, -0.05) is 0 Å². The maximum atomic E-state index is 13.8. The van der Waals surface area contributed by atoms with Crippen LogP contribution in [0.3, 0.4) is 0 Å². The molecule has 0 atom stereocenters. The van der Waals surface area contributed by atoms with Crippen molar-refractivity contribution in [2.45, 2.75) is 48.0 Å². The Morgan fingerprint density at radius 2 is 1.28 bits per heavy atom. The summed E-state index contributed by atoms with van der Waals surface area (Å²) >= 11 is -10.1. The van der Waals surface area contributed by atoms with Gasteiger partial charge in [-0.05, 0) is 0 Å². The van der Waals surface area contributed by atoms with E-state index < -0.39 is 35.8 Å². The molecule has 0 saturated carbocycles. The number of allylic oxidation sites excluding steroid dienone is 4. The van der Waals surface area contributed by atoms with Gasteiger partial charge in [-0.3, -0.25) is 0 Å². The van der Waals surface area contributed by atoms with Crippen LogP contribution in [0.1, 0.15) is 48.0 Å². The minimum absolute atomic E-state index is 0.264. The first-order valence-electron chi connectivity index (χ1n) is 9.20. The molecule has 0 aromatic carbocycles. The molecule has 25 heavy (non-hydrogen) atoms. The van der Waals surface area contributed by atoms with E-state index in [1.165, 1.54) is 6.08 Å². The van der Waals surface area contributed by atoms with Gasteiger partial charge >= 0.3 is 161 Å². The Morgan fingerprint density at radius 1 is 0.880 bits per heavy atom. The summed E-state index contributed by atoms with van der Waals surface area (Å²) in [7, 11) is 0. The van der Waals surface area contributed by atoms with Crippen LogP contribution in [0, 0.1) is 17.8 Å². The Hall–Kier alpha value is 0.576. The summed E-state index contributed by atoms with van der Waals surface area (Å²) in [6, 6.07) is 0. The molecule has 0 saturated heterocycles. The van der Waals surface area contributed by atoms with E-state index in [4.69, 9.17) is 0 Å².